The summed E-state index contributed by atoms with van der Waals surface area (Å²) in [6.45, 7) is 2.38. The first-order valence-corrected chi connectivity index (χ1v) is 5.47. The van der Waals surface area contributed by atoms with Gasteiger partial charge in [0.2, 0.25) is 0 Å². The minimum Gasteiger partial charge on any atom is -0.329 e. The van der Waals surface area contributed by atoms with E-state index in [0.717, 1.165) is 18.5 Å². The molecule has 1 aliphatic heterocycles. The first-order valence-electron chi connectivity index (χ1n) is 5.09. The molecule has 82 valence electrons. The molecule has 1 aliphatic rings. The molecule has 1 heterocycles. The van der Waals surface area contributed by atoms with Crippen molar-refractivity contribution in [1.82, 2.24) is 4.90 Å². The van der Waals surface area contributed by atoms with E-state index < -0.39 is 0 Å². The highest BCUT2D eigenvalue weighted by Crippen LogP contribution is 2.25. The molecule has 0 saturated carbocycles. The third-order valence-corrected chi connectivity index (χ3v) is 3.37. The lowest BCUT2D eigenvalue weighted by Crippen LogP contribution is -2.50. The molecule has 15 heavy (non-hydrogen) atoms. The highest BCUT2D eigenvalue weighted by Gasteiger charge is 2.26. The van der Waals surface area contributed by atoms with Crippen LogP contribution in [0.1, 0.15) is 12.0 Å². The molecule has 1 aromatic rings. The van der Waals surface area contributed by atoms with Crippen LogP contribution in [0.2, 0.25) is 5.02 Å². The largest absolute Gasteiger partial charge is 0.329 e. The van der Waals surface area contributed by atoms with Crippen LogP contribution in [0.25, 0.3) is 0 Å². The van der Waals surface area contributed by atoms with Crippen LogP contribution in [-0.2, 0) is 6.54 Å². The van der Waals surface area contributed by atoms with Gasteiger partial charge in [-0.1, -0.05) is 23.7 Å². The molecule has 2 N–H and O–H groups in total. The molecular formula is C11H14ClFN2. The van der Waals surface area contributed by atoms with Crippen molar-refractivity contribution < 1.29 is 4.39 Å². The van der Waals surface area contributed by atoms with E-state index >= 15 is 0 Å². The monoisotopic (exact) mass is 228 g/mol. The van der Waals surface area contributed by atoms with Crippen molar-refractivity contribution in [3.8, 4) is 0 Å². The molecule has 1 aromatic carbocycles. The van der Waals surface area contributed by atoms with Crippen LogP contribution in [0.4, 0.5) is 4.39 Å². The summed E-state index contributed by atoms with van der Waals surface area (Å²) >= 11 is 5.88. The van der Waals surface area contributed by atoms with Gasteiger partial charge in [-0.3, -0.25) is 4.90 Å². The highest BCUT2D eigenvalue weighted by atomic mass is 35.5. The zero-order valence-electron chi connectivity index (χ0n) is 8.42. The molecule has 0 radical (unpaired) electrons. The van der Waals surface area contributed by atoms with Crippen LogP contribution in [-0.4, -0.2) is 24.0 Å². The van der Waals surface area contributed by atoms with Crippen LogP contribution in [0.15, 0.2) is 18.2 Å². The molecule has 4 heteroatoms. The van der Waals surface area contributed by atoms with Gasteiger partial charge in [0, 0.05) is 25.7 Å². The van der Waals surface area contributed by atoms with Crippen LogP contribution in [0, 0.1) is 5.82 Å². The van der Waals surface area contributed by atoms with Crippen molar-refractivity contribution in [3.63, 3.8) is 0 Å². The van der Waals surface area contributed by atoms with E-state index in [1.165, 1.54) is 6.07 Å². The summed E-state index contributed by atoms with van der Waals surface area (Å²) in [7, 11) is 0. The molecule has 1 atom stereocenters. The van der Waals surface area contributed by atoms with Crippen LogP contribution >= 0.6 is 11.6 Å². The van der Waals surface area contributed by atoms with Gasteiger partial charge in [-0.15, -0.1) is 0 Å². The molecule has 0 spiro atoms. The molecule has 1 fully saturated rings. The number of halogens is 2. The average Bonchev–Trinajstić information content (AvgIpc) is 2.19. The third kappa shape index (κ3) is 2.14. The molecule has 1 saturated heterocycles. The Labute approximate surface area is 93.8 Å². The number of likely N-dealkylation sites (tertiary alicyclic amines) is 1. The van der Waals surface area contributed by atoms with Crippen molar-refractivity contribution >= 4 is 11.6 Å². The summed E-state index contributed by atoms with van der Waals surface area (Å²) in [5.41, 5.74) is 6.44. The van der Waals surface area contributed by atoms with Gasteiger partial charge >= 0.3 is 0 Å². The molecule has 0 amide bonds. The maximum atomic E-state index is 13.2. The van der Waals surface area contributed by atoms with Gasteiger partial charge in [-0.25, -0.2) is 4.39 Å². The smallest absolute Gasteiger partial charge is 0.142 e. The Morgan fingerprint density at radius 1 is 1.53 bits per heavy atom. The minimum absolute atomic E-state index is 0.236. The number of nitrogens with zero attached hydrogens (tertiary/aromatic N) is 1. The normalized spacial score (nSPS) is 21.4. The van der Waals surface area contributed by atoms with Crippen molar-refractivity contribution in [2.24, 2.45) is 5.73 Å². The van der Waals surface area contributed by atoms with Gasteiger partial charge in [0.05, 0.1) is 5.02 Å². The lowest BCUT2D eigenvalue weighted by molar-refractivity contribution is 0.0881. The van der Waals surface area contributed by atoms with Crippen molar-refractivity contribution in [3.05, 3.63) is 34.6 Å². The second-order valence-corrected chi connectivity index (χ2v) is 4.24. The zero-order chi connectivity index (χ0) is 10.8. The molecule has 0 aliphatic carbocycles. The van der Waals surface area contributed by atoms with Gasteiger partial charge in [0.15, 0.2) is 0 Å². The maximum absolute atomic E-state index is 13.2. The summed E-state index contributed by atoms with van der Waals surface area (Å²) < 4.78 is 13.2. The first-order chi connectivity index (χ1) is 7.22. The van der Waals surface area contributed by atoms with E-state index in [1.54, 1.807) is 6.07 Å². The van der Waals surface area contributed by atoms with E-state index in [4.69, 9.17) is 17.3 Å². The Morgan fingerprint density at radius 3 is 2.93 bits per heavy atom. The predicted octanol–water partition coefficient (Wildman–Crippen LogP) is 2.01. The lowest BCUT2D eigenvalue weighted by atomic mass is 10.0. The second-order valence-electron chi connectivity index (χ2n) is 3.86. The van der Waals surface area contributed by atoms with Gasteiger partial charge in [0.1, 0.15) is 5.82 Å². The zero-order valence-corrected chi connectivity index (χ0v) is 9.17. The number of rotatable bonds is 3. The number of hydrogen-bond acceptors (Lipinski definition) is 2. The fraction of sp³-hybridized carbons (Fsp3) is 0.455. The predicted molar refractivity (Wildman–Crippen MR) is 59.3 cm³/mol. The van der Waals surface area contributed by atoms with E-state index in [2.05, 4.69) is 4.90 Å². The molecule has 1 unspecified atom stereocenters. The fourth-order valence-electron chi connectivity index (χ4n) is 1.86. The fourth-order valence-corrected chi connectivity index (χ4v) is 2.04. The first kappa shape index (κ1) is 10.9. The molecule has 2 rings (SSSR count). The summed E-state index contributed by atoms with van der Waals surface area (Å²) in [6, 6.07) is 5.36. The maximum Gasteiger partial charge on any atom is 0.142 e. The lowest BCUT2D eigenvalue weighted by Gasteiger charge is -2.40. The topological polar surface area (TPSA) is 29.3 Å². The second kappa shape index (κ2) is 4.47. The van der Waals surface area contributed by atoms with E-state index in [0.29, 0.717) is 19.1 Å². The van der Waals surface area contributed by atoms with Crippen LogP contribution < -0.4 is 5.73 Å². The van der Waals surface area contributed by atoms with E-state index in [-0.39, 0.29) is 10.8 Å². The highest BCUT2D eigenvalue weighted by molar-refractivity contribution is 6.31. The van der Waals surface area contributed by atoms with Crippen LogP contribution in [0.3, 0.4) is 0 Å². The Bertz CT molecular complexity index is 354. The SMILES string of the molecule is NCC1CCN1Cc1cccc(F)c1Cl. The molecule has 0 bridgehead atoms. The Kier molecular flexibility index (Phi) is 3.24. The van der Waals surface area contributed by atoms with Gasteiger partial charge in [-0.2, -0.15) is 0 Å². The van der Waals surface area contributed by atoms with Gasteiger partial charge in [-0.05, 0) is 18.1 Å². The minimum atomic E-state index is -0.348. The Hall–Kier alpha value is -0.640. The molecule has 2 nitrogen and oxygen atoms in total. The van der Waals surface area contributed by atoms with Crippen molar-refractivity contribution in [2.75, 3.05) is 13.1 Å². The molecule has 0 aromatic heterocycles. The quantitative estimate of drug-likeness (QED) is 0.858. The average molecular weight is 229 g/mol. The van der Waals surface area contributed by atoms with Gasteiger partial charge in [0.25, 0.3) is 0 Å². The molecular weight excluding hydrogens is 215 g/mol. The van der Waals surface area contributed by atoms with Crippen molar-refractivity contribution in [1.29, 1.82) is 0 Å². The number of nitrogens with two attached hydrogens (primary N) is 1. The number of hydrogen-bond donors (Lipinski definition) is 1. The summed E-state index contributed by atoms with van der Waals surface area (Å²) in [5, 5.41) is 0.236. The van der Waals surface area contributed by atoms with Crippen molar-refractivity contribution in [2.45, 2.75) is 19.0 Å². The summed E-state index contributed by atoms with van der Waals surface area (Å²) in [4.78, 5) is 2.22. The third-order valence-electron chi connectivity index (χ3n) is 2.94. The van der Waals surface area contributed by atoms with E-state index in [9.17, 15) is 4.39 Å². The standard InChI is InChI=1S/C11H14ClFN2/c12-11-8(2-1-3-10(11)13)7-15-5-4-9(15)6-14/h1-3,9H,4-7,14H2. The summed E-state index contributed by atoms with van der Waals surface area (Å²) in [6.07, 6.45) is 1.13. The summed E-state index contributed by atoms with van der Waals surface area (Å²) in [5.74, 6) is -0.348. The van der Waals surface area contributed by atoms with Gasteiger partial charge < -0.3 is 5.73 Å². The Balaban J connectivity index is 2.08. The van der Waals surface area contributed by atoms with E-state index in [1.807, 2.05) is 6.07 Å². The van der Waals surface area contributed by atoms with Crippen LogP contribution in [0.5, 0.6) is 0 Å². The number of benzene rings is 1. The Morgan fingerprint density at radius 2 is 2.33 bits per heavy atom.